The molecule has 6 nitrogen and oxygen atoms in total. The Bertz CT molecular complexity index is 905. The Morgan fingerprint density at radius 3 is 2.64 bits per heavy atom. The zero-order valence-corrected chi connectivity index (χ0v) is 14.9. The van der Waals surface area contributed by atoms with Crippen molar-refractivity contribution in [2.24, 2.45) is 0 Å². The zero-order valence-electron chi connectivity index (χ0n) is 13.3. The Morgan fingerprint density at radius 1 is 1.24 bits per heavy atom. The van der Waals surface area contributed by atoms with Gasteiger partial charge in [0.1, 0.15) is 12.4 Å². The van der Waals surface area contributed by atoms with E-state index in [4.69, 9.17) is 25.8 Å². The largest absolute Gasteiger partial charge is 0.467 e. The van der Waals surface area contributed by atoms with Crippen LogP contribution in [0.5, 0.6) is 5.75 Å². The second-order valence-corrected chi connectivity index (χ2v) is 7.99. The van der Waals surface area contributed by atoms with E-state index in [0.29, 0.717) is 22.9 Å². The molecule has 0 saturated carbocycles. The van der Waals surface area contributed by atoms with Crippen LogP contribution in [0.25, 0.3) is 0 Å². The fourth-order valence-corrected chi connectivity index (χ4v) is 3.32. The van der Waals surface area contributed by atoms with Crippen molar-refractivity contribution in [1.82, 2.24) is 0 Å². The van der Waals surface area contributed by atoms with Crippen molar-refractivity contribution < 1.29 is 27.4 Å². The first kappa shape index (κ1) is 17.7. The van der Waals surface area contributed by atoms with Crippen LogP contribution in [0, 0.1) is 0 Å². The lowest BCUT2D eigenvalue weighted by molar-refractivity contribution is -0.0180. The number of carbonyl (C=O) groups excluding carboxylic acids is 1. The molecule has 0 aliphatic carbocycles. The van der Waals surface area contributed by atoms with Crippen LogP contribution in [-0.4, -0.2) is 27.4 Å². The molecule has 0 N–H and O–H groups in total. The van der Waals surface area contributed by atoms with E-state index in [9.17, 15) is 13.2 Å². The van der Waals surface area contributed by atoms with Gasteiger partial charge in [-0.1, -0.05) is 11.6 Å². The average Bonchev–Trinajstić information content (AvgIpc) is 2.58. The SMILES string of the molecule is CS(=O)(=O)c1ccc(C(=O)OCc2cc(Cl)cc3c2OCOC3)cc1. The normalized spacial score (nSPS) is 13.7. The lowest BCUT2D eigenvalue weighted by Crippen LogP contribution is -2.14. The molecule has 1 aliphatic rings. The minimum absolute atomic E-state index is 0.0183. The standard InChI is InChI=1S/C17H15ClO6S/c1-25(20,21)15-4-2-11(3-5-15)17(19)23-9-13-7-14(18)6-12-8-22-10-24-16(12)13/h2-7H,8-10H2,1H3. The highest BCUT2D eigenvalue weighted by Gasteiger charge is 2.18. The molecular formula is C17H15ClO6S. The van der Waals surface area contributed by atoms with Crippen LogP contribution in [0.15, 0.2) is 41.3 Å². The summed E-state index contributed by atoms with van der Waals surface area (Å²) in [6.07, 6.45) is 1.10. The number of esters is 1. The van der Waals surface area contributed by atoms with Crippen LogP contribution in [0.3, 0.4) is 0 Å². The Hall–Kier alpha value is -2.09. The fourth-order valence-electron chi connectivity index (χ4n) is 2.43. The van der Waals surface area contributed by atoms with E-state index in [0.717, 1.165) is 11.8 Å². The predicted molar refractivity (Wildman–Crippen MR) is 90.4 cm³/mol. The molecule has 0 amide bonds. The van der Waals surface area contributed by atoms with Crippen LogP contribution in [-0.2, 0) is 32.5 Å². The first-order valence-electron chi connectivity index (χ1n) is 7.33. The molecule has 0 radical (unpaired) electrons. The molecule has 1 aliphatic heterocycles. The summed E-state index contributed by atoms with van der Waals surface area (Å²) >= 11 is 6.07. The molecule has 3 rings (SSSR count). The maximum absolute atomic E-state index is 12.2. The van der Waals surface area contributed by atoms with E-state index >= 15 is 0 Å². The fraction of sp³-hybridized carbons (Fsp3) is 0.235. The van der Waals surface area contributed by atoms with Gasteiger partial charge < -0.3 is 14.2 Å². The maximum atomic E-state index is 12.2. The van der Waals surface area contributed by atoms with Gasteiger partial charge in [-0.2, -0.15) is 0 Å². The molecular weight excluding hydrogens is 368 g/mol. The Kier molecular flexibility index (Phi) is 4.99. The summed E-state index contributed by atoms with van der Waals surface area (Å²) < 4.78 is 38.8. The van der Waals surface area contributed by atoms with Crippen LogP contribution in [0.4, 0.5) is 0 Å². The molecule has 2 aromatic carbocycles. The summed E-state index contributed by atoms with van der Waals surface area (Å²) in [5.74, 6) is 0.0386. The number of hydrogen-bond donors (Lipinski definition) is 0. The number of hydrogen-bond acceptors (Lipinski definition) is 6. The van der Waals surface area contributed by atoms with Gasteiger partial charge in [-0.15, -0.1) is 0 Å². The topological polar surface area (TPSA) is 78.9 Å². The minimum Gasteiger partial charge on any atom is -0.467 e. The van der Waals surface area contributed by atoms with Crippen molar-refractivity contribution in [3.05, 3.63) is 58.1 Å². The summed E-state index contributed by atoms with van der Waals surface area (Å²) in [6.45, 7) is 0.488. The third kappa shape index (κ3) is 4.12. The molecule has 8 heteroatoms. The second-order valence-electron chi connectivity index (χ2n) is 5.54. The molecule has 25 heavy (non-hydrogen) atoms. The van der Waals surface area contributed by atoms with Gasteiger partial charge in [0.25, 0.3) is 0 Å². The minimum atomic E-state index is -3.31. The van der Waals surface area contributed by atoms with Crippen molar-refractivity contribution in [1.29, 1.82) is 0 Å². The van der Waals surface area contributed by atoms with Gasteiger partial charge in [0, 0.05) is 22.4 Å². The highest BCUT2D eigenvalue weighted by molar-refractivity contribution is 7.90. The van der Waals surface area contributed by atoms with Gasteiger partial charge in [0.05, 0.1) is 17.1 Å². The summed E-state index contributed by atoms with van der Waals surface area (Å²) in [6, 6.07) is 8.98. The average molecular weight is 383 g/mol. The highest BCUT2D eigenvalue weighted by Crippen LogP contribution is 2.32. The van der Waals surface area contributed by atoms with Gasteiger partial charge in [0.15, 0.2) is 16.6 Å². The van der Waals surface area contributed by atoms with Crippen molar-refractivity contribution in [2.45, 2.75) is 18.1 Å². The highest BCUT2D eigenvalue weighted by atomic mass is 35.5. The summed E-state index contributed by atoms with van der Waals surface area (Å²) in [4.78, 5) is 12.3. The molecule has 0 saturated heterocycles. The van der Waals surface area contributed by atoms with Crippen LogP contribution in [0.1, 0.15) is 21.5 Å². The third-order valence-corrected chi connectivity index (χ3v) is 4.98. The lowest BCUT2D eigenvalue weighted by atomic mass is 10.1. The van der Waals surface area contributed by atoms with Crippen molar-refractivity contribution >= 4 is 27.4 Å². The molecule has 132 valence electrons. The van der Waals surface area contributed by atoms with Gasteiger partial charge >= 0.3 is 5.97 Å². The third-order valence-electron chi connectivity index (χ3n) is 3.63. The number of sulfone groups is 1. The molecule has 0 fully saturated rings. The maximum Gasteiger partial charge on any atom is 0.338 e. The molecule has 1 heterocycles. The molecule has 0 bridgehead atoms. The van der Waals surface area contributed by atoms with E-state index in [1.807, 2.05) is 0 Å². The predicted octanol–water partition coefficient (Wildman–Crippen LogP) is 2.97. The summed E-state index contributed by atoms with van der Waals surface area (Å²) in [5.41, 5.74) is 1.70. The Labute approximate surface area is 150 Å². The van der Waals surface area contributed by atoms with Crippen LogP contribution in [0.2, 0.25) is 5.02 Å². The van der Waals surface area contributed by atoms with Gasteiger partial charge in [-0.25, -0.2) is 13.2 Å². The van der Waals surface area contributed by atoms with E-state index in [1.54, 1.807) is 12.1 Å². The number of ether oxygens (including phenoxy) is 3. The first-order valence-corrected chi connectivity index (χ1v) is 9.60. The lowest BCUT2D eigenvalue weighted by Gasteiger charge is -2.21. The quantitative estimate of drug-likeness (QED) is 0.756. The molecule has 0 aromatic heterocycles. The van der Waals surface area contributed by atoms with Crippen molar-refractivity contribution in [2.75, 3.05) is 13.0 Å². The number of halogens is 1. The van der Waals surface area contributed by atoms with Crippen LogP contribution >= 0.6 is 11.6 Å². The number of rotatable bonds is 4. The molecule has 0 spiro atoms. The molecule has 0 unspecified atom stereocenters. The smallest absolute Gasteiger partial charge is 0.338 e. The van der Waals surface area contributed by atoms with E-state index in [2.05, 4.69) is 0 Å². The monoisotopic (exact) mass is 382 g/mol. The molecule has 2 aromatic rings. The number of carbonyl (C=O) groups is 1. The number of fused-ring (bicyclic) bond motifs is 1. The first-order chi connectivity index (χ1) is 11.8. The van der Waals surface area contributed by atoms with E-state index in [-0.39, 0.29) is 23.9 Å². The summed E-state index contributed by atoms with van der Waals surface area (Å²) in [7, 11) is -3.31. The van der Waals surface area contributed by atoms with Gasteiger partial charge in [0.2, 0.25) is 0 Å². The zero-order chi connectivity index (χ0) is 18.0. The Morgan fingerprint density at radius 2 is 1.96 bits per heavy atom. The van der Waals surface area contributed by atoms with Crippen LogP contribution < -0.4 is 4.74 Å². The number of benzene rings is 2. The second kappa shape index (κ2) is 7.03. The van der Waals surface area contributed by atoms with Gasteiger partial charge in [-0.3, -0.25) is 0 Å². The van der Waals surface area contributed by atoms with E-state index < -0.39 is 15.8 Å². The Balaban J connectivity index is 1.74. The van der Waals surface area contributed by atoms with E-state index in [1.165, 1.54) is 24.3 Å². The van der Waals surface area contributed by atoms with Crippen molar-refractivity contribution in [3.8, 4) is 5.75 Å². The van der Waals surface area contributed by atoms with Crippen molar-refractivity contribution in [3.63, 3.8) is 0 Å². The van der Waals surface area contributed by atoms with Gasteiger partial charge in [-0.05, 0) is 36.4 Å². The summed E-state index contributed by atoms with van der Waals surface area (Å²) in [5, 5.41) is 0.497. The molecule has 0 atom stereocenters.